The van der Waals surface area contributed by atoms with E-state index in [-0.39, 0.29) is 0 Å². The van der Waals surface area contributed by atoms with Crippen molar-refractivity contribution >= 4 is 5.97 Å². The maximum Gasteiger partial charge on any atom is 0.336 e. The third kappa shape index (κ3) is 5.09. The van der Waals surface area contributed by atoms with Crippen molar-refractivity contribution in [3.05, 3.63) is 71.3 Å². The van der Waals surface area contributed by atoms with Gasteiger partial charge in [0.25, 0.3) is 0 Å². The Kier molecular flexibility index (Phi) is 7.03. The van der Waals surface area contributed by atoms with Gasteiger partial charge in [-0.1, -0.05) is 88.4 Å². The molecule has 1 heterocycles. The molecule has 168 valence electrons. The van der Waals surface area contributed by atoms with Gasteiger partial charge in [0.05, 0.1) is 12.1 Å². The molecule has 32 heavy (non-hydrogen) atoms. The summed E-state index contributed by atoms with van der Waals surface area (Å²) in [5, 5.41) is 14.4. The first-order chi connectivity index (χ1) is 15.5. The number of hydrogen-bond donors (Lipinski definition) is 1. The second-order valence-corrected chi connectivity index (χ2v) is 9.11. The van der Waals surface area contributed by atoms with Crippen molar-refractivity contribution in [2.24, 2.45) is 5.92 Å². The number of carboxylic acid groups (broad SMARTS) is 1. The summed E-state index contributed by atoms with van der Waals surface area (Å²) < 4.78 is 2.08. The normalized spacial score (nSPS) is 15.6. The van der Waals surface area contributed by atoms with Crippen LogP contribution in [0.4, 0.5) is 0 Å². The van der Waals surface area contributed by atoms with E-state index in [1.165, 1.54) is 32.1 Å². The van der Waals surface area contributed by atoms with Crippen LogP contribution in [0.1, 0.15) is 85.9 Å². The third-order valence-electron chi connectivity index (χ3n) is 6.75. The quantitative estimate of drug-likeness (QED) is 0.453. The molecule has 0 bridgehead atoms. The van der Waals surface area contributed by atoms with Gasteiger partial charge in [-0.3, -0.25) is 0 Å². The summed E-state index contributed by atoms with van der Waals surface area (Å²) in [6, 6.07) is 15.3. The number of carboxylic acids is 1. The van der Waals surface area contributed by atoms with Crippen LogP contribution in [0, 0.1) is 5.92 Å². The predicted octanol–water partition coefficient (Wildman–Crippen LogP) is 6.33. The van der Waals surface area contributed by atoms with Crippen LogP contribution < -0.4 is 0 Å². The molecule has 1 saturated carbocycles. The summed E-state index contributed by atoms with van der Waals surface area (Å²) in [6.07, 6.45) is 8.65. The van der Waals surface area contributed by atoms with Gasteiger partial charge in [-0.15, -0.1) is 0 Å². The number of aromatic carboxylic acids is 1. The predicted molar refractivity (Wildman–Crippen MR) is 127 cm³/mol. The number of nitrogens with zero attached hydrogens (tertiary/aromatic N) is 3. The summed E-state index contributed by atoms with van der Waals surface area (Å²) in [7, 11) is 0. The molecule has 1 aliphatic rings. The van der Waals surface area contributed by atoms with Crippen molar-refractivity contribution in [2.75, 3.05) is 0 Å². The van der Waals surface area contributed by atoms with E-state index in [4.69, 9.17) is 10.1 Å². The Morgan fingerprint density at radius 1 is 1.09 bits per heavy atom. The van der Waals surface area contributed by atoms with Crippen molar-refractivity contribution in [3.63, 3.8) is 0 Å². The highest BCUT2D eigenvalue weighted by molar-refractivity contribution is 5.95. The Balaban J connectivity index is 1.55. The summed E-state index contributed by atoms with van der Waals surface area (Å²) in [6.45, 7) is 5.09. The fourth-order valence-corrected chi connectivity index (χ4v) is 4.69. The van der Waals surface area contributed by atoms with Crippen molar-refractivity contribution in [2.45, 2.75) is 71.3 Å². The van der Waals surface area contributed by atoms with Gasteiger partial charge in [0.1, 0.15) is 5.82 Å². The van der Waals surface area contributed by atoms with Gasteiger partial charge in [-0.25, -0.2) is 14.5 Å². The van der Waals surface area contributed by atoms with Crippen molar-refractivity contribution in [1.82, 2.24) is 14.8 Å². The number of carbonyl (C=O) groups is 1. The molecule has 5 nitrogen and oxygen atoms in total. The molecule has 0 amide bonds. The Morgan fingerprint density at radius 2 is 1.81 bits per heavy atom. The fraction of sp³-hybridized carbons (Fsp3) is 0.444. The molecular formula is C27H33N3O2. The largest absolute Gasteiger partial charge is 0.478 e. The van der Waals surface area contributed by atoms with Crippen LogP contribution in [0.5, 0.6) is 0 Å². The smallest absolute Gasteiger partial charge is 0.336 e. The maximum atomic E-state index is 11.6. The first-order valence-corrected chi connectivity index (χ1v) is 11.9. The average molecular weight is 432 g/mol. The van der Waals surface area contributed by atoms with Gasteiger partial charge < -0.3 is 5.11 Å². The van der Waals surface area contributed by atoms with E-state index in [2.05, 4.69) is 30.7 Å². The van der Waals surface area contributed by atoms with Crippen molar-refractivity contribution in [1.29, 1.82) is 0 Å². The fourth-order valence-electron chi connectivity index (χ4n) is 4.69. The minimum Gasteiger partial charge on any atom is -0.478 e. The molecule has 1 N–H and O–H groups in total. The van der Waals surface area contributed by atoms with Gasteiger partial charge in [0.15, 0.2) is 5.82 Å². The van der Waals surface area contributed by atoms with E-state index in [1.807, 2.05) is 24.3 Å². The molecule has 1 unspecified atom stereocenters. The molecule has 2 aromatic carbocycles. The molecule has 1 aromatic heterocycles. The van der Waals surface area contributed by atoms with Crippen LogP contribution in [-0.4, -0.2) is 25.8 Å². The zero-order valence-electron chi connectivity index (χ0n) is 19.1. The highest BCUT2D eigenvalue weighted by atomic mass is 16.4. The minimum absolute atomic E-state index is 0.322. The molecule has 4 rings (SSSR count). The maximum absolute atomic E-state index is 11.6. The standard InChI is InChI=1S/C27H33N3O2/c1-3-19(2)26-28-25(17-20-9-5-4-6-10-20)29-30(26)18-21-13-15-22(16-14-21)23-11-7-8-12-24(23)27(31)32/h7-8,11-16,19-20H,3-6,9-10,17-18H2,1-2H3,(H,31,32). The van der Waals surface area contributed by atoms with E-state index in [9.17, 15) is 9.90 Å². The van der Waals surface area contributed by atoms with Gasteiger partial charge in [0.2, 0.25) is 0 Å². The van der Waals surface area contributed by atoms with Crippen LogP contribution in [0.2, 0.25) is 0 Å². The van der Waals surface area contributed by atoms with E-state index in [0.717, 1.165) is 47.1 Å². The zero-order valence-corrected chi connectivity index (χ0v) is 19.1. The lowest BCUT2D eigenvalue weighted by Crippen LogP contribution is -2.11. The lowest BCUT2D eigenvalue weighted by atomic mass is 9.87. The van der Waals surface area contributed by atoms with E-state index < -0.39 is 5.97 Å². The van der Waals surface area contributed by atoms with Gasteiger partial charge >= 0.3 is 5.97 Å². The average Bonchev–Trinajstić information content (AvgIpc) is 3.21. The van der Waals surface area contributed by atoms with Crippen LogP contribution >= 0.6 is 0 Å². The lowest BCUT2D eigenvalue weighted by Gasteiger charge is -2.19. The second-order valence-electron chi connectivity index (χ2n) is 9.11. The Hall–Kier alpha value is -2.95. The van der Waals surface area contributed by atoms with E-state index >= 15 is 0 Å². The summed E-state index contributed by atoms with van der Waals surface area (Å²) >= 11 is 0. The molecule has 1 fully saturated rings. The molecule has 0 spiro atoms. The van der Waals surface area contributed by atoms with Gasteiger partial charge in [-0.05, 0) is 35.1 Å². The molecule has 3 aromatic rings. The molecule has 0 radical (unpaired) electrons. The number of hydrogen-bond acceptors (Lipinski definition) is 3. The minimum atomic E-state index is -0.906. The summed E-state index contributed by atoms with van der Waals surface area (Å²) in [5.41, 5.74) is 3.11. The van der Waals surface area contributed by atoms with E-state index in [0.29, 0.717) is 18.0 Å². The first-order valence-electron chi connectivity index (χ1n) is 11.9. The first kappa shape index (κ1) is 22.3. The van der Waals surface area contributed by atoms with E-state index in [1.54, 1.807) is 12.1 Å². The monoisotopic (exact) mass is 431 g/mol. The Morgan fingerprint density at radius 3 is 2.50 bits per heavy atom. The van der Waals surface area contributed by atoms with Crippen LogP contribution in [0.25, 0.3) is 11.1 Å². The molecular weight excluding hydrogens is 398 g/mol. The third-order valence-corrected chi connectivity index (χ3v) is 6.75. The SMILES string of the molecule is CCC(C)c1nc(CC2CCCCC2)nn1Cc1ccc(-c2ccccc2C(=O)O)cc1. The van der Waals surface area contributed by atoms with Crippen LogP contribution in [0.15, 0.2) is 48.5 Å². The number of benzene rings is 2. The summed E-state index contributed by atoms with van der Waals surface area (Å²) in [5.74, 6) is 2.23. The van der Waals surface area contributed by atoms with Gasteiger partial charge in [0, 0.05) is 12.3 Å². The lowest BCUT2D eigenvalue weighted by molar-refractivity contribution is 0.0697. The molecule has 1 atom stereocenters. The molecule has 0 aliphatic heterocycles. The van der Waals surface area contributed by atoms with Crippen LogP contribution in [-0.2, 0) is 13.0 Å². The highest BCUT2D eigenvalue weighted by Crippen LogP contribution is 2.28. The molecule has 0 saturated heterocycles. The van der Waals surface area contributed by atoms with Crippen molar-refractivity contribution < 1.29 is 9.90 Å². The van der Waals surface area contributed by atoms with Gasteiger partial charge in [-0.2, -0.15) is 5.10 Å². The summed E-state index contributed by atoms with van der Waals surface area (Å²) in [4.78, 5) is 16.5. The number of rotatable bonds is 8. The molecule has 5 heteroatoms. The Bertz CT molecular complexity index is 1050. The molecule has 1 aliphatic carbocycles. The zero-order chi connectivity index (χ0) is 22.5. The van der Waals surface area contributed by atoms with Crippen LogP contribution in [0.3, 0.4) is 0 Å². The van der Waals surface area contributed by atoms with Crippen molar-refractivity contribution in [3.8, 4) is 11.1 Å². The Labute approximate surface area is 190 Å². The topological polar surface area (TPSA) is 68.0 Å². The highest BCUT2D eigenvalue weighted by Gasteiger charge is 2.20. The number of aromatic nitrogens is 3. The second kappa shape index (κ2) is 10.1.